The minimum Gasteiger partial charge on any atom is -0.480 e. The van der Waals surface area contributed by atoms with Crippen molar-refractivity contribution >= 4 is 65.0 Å². The molecule has 0 aliphatic rings. The number of primary amides is 2. The van der Waals surface area contributed by atoms with Crippen molar-refractivity contribution < 1.29 is 48.3 Å². The normalized spacial score (nSPS) is 15.8. The number of aliphatic carboxylic acids is 1. The van der Waals surface area contributed by atoms with E-state index in [9.17, 15) is 48.3 Å². The van der Waals surface area contributed by atoms with Gasteiger partial charge >= 0.3 is 5.97 Å². The van der Waals surface area contributed by atoms with E-state index in [0.717, 1.165) is 0 Å². The zero-order valence-corrected chi connectivity index (χ0v) is 35.7. The molecule has 21 heteroatoms. The third-order valence-corrected chi connectivity index (χ3v) is 10.4. The van der Waals surface area contributed by atoms with Crippen LogP contribution in [0.5, 0.6) is 0 Å². The topological polar surface area (TPSA) is 350 Å². The second-order valence-electron chi connectivity index (χ2n) is 14.8. The van der Waals surface area contributed by atoms with Gasteiger partial charge in [0.2, 0.25) is 47.3 Å². The van der Waals surface area contributed by atoms with Crippen molar-refractivity contribution in [2.75, 3.05) is 18.6 Å². The van der Waals surface area contributed by atoms with E-state index in [-0.39, 0.29) is 31.6 Å². The Labute approximate surface area is 345 Å². The van der Waals surface area contributed by atoms with Crippen LogP contribution in [0.25, 0.3) is 0 Å². The number of hydrogen-bond donors (Lipinski definition) is 11. The molecule has 0 aliphatic carbocycles. The van der Waals surface area contributed by atoms with E-state index in [0.29, 0.717) is 38.0 Å². The quantitative estimate of drug-likeness (QED) is 0.0352. The molecule has 0 bridgehead atoms. The predicted molar refractivity (Wildman–Crippen MR) is 219 cm³/mol. The number of unbranched alkanes of at least 4 members (excludes halogenated alkanes) is 1. The summed E-state index contributed by atoms with van der Waals surface area (Å²) in [6, 6.07) is -8.76. The van der Waals surface area contributed by atoms with Gasteiger partial charge in [-0.2, -0.15) is 11.8 Å². The molecule has 0 spiro atoms. The van der Waals surface area contributed by atoms with Gasteiger partial charge in [0, 0.05) is 6.42 Å². The second kappa shape index (κ2) is 28.0. The van der Waals surface area contributed by atoms with Crippen LogP contribution in [-0.2, 0) is 43.2 Å². The van der Waals surface area contributed by atoms with Gasteiger partial charge in [-0.15, -0.1) is 0 Å². The first-order valence-corrected chi connectivity index (χ1v) is 21.1. The molecule has 0 aromatic heterocycles. The third-order valence-electron chi connectivity index (χ3n) is 9.76. The third kappa shape index (κ3) is 19.8. The van der Waals surface area contributed by atoms with E-state index in [1.165, 1.54) is 11.8 Å². The Kier molecular flexibility index (Phi) is 25.8. The molecule has 0 unspecified atom stereocenters. The van der Waals surface area contributed by atoms with Gasteiger partial charge in [-0.25, -0.2) is 4.79 Å². The summed E-state index contributed by atoms with van der Waals surface area (Å²) in [5, 5.41) is 24.9. The molecule has 20 nitrogen and oxygen atoms in total. The maximum atomic E-state index is 13.9. The zero-order chi connectivity index (χ0) is 44.7. The van der Waals surface area contributed by atoms with Crippen LogP contribution in [0.1, 0.15) is 99.3 Å². The molecule has 58 heavy (non-hydrogen) atoms. The van der Waals surface area contributed by atoms with Crippen LogP contribution >= 0.6 is 11.8 Å². The molecule has 8 amide bonds. The largest absolute Gasteiger partial charge is 0.480 e. The number of hydrogen-bond acceptors (Lipinski definition) is 12. The molecule has 0 aromatic rings. The van der Waals surface area contributed by atoms with Crippen LogP contribution < -0.4 is 54.8 Å². The van der Waals surface area contributed by atoms with Gasteiger partial charge in [-0.3, -0.25) is 38.4 Å². The number of amides is 8. The fourth-order valence-corrected chi connectivity index (χ4v) is 5.97. The zero-order valence-electron chi connectivity index (χ0n) is 34.9. The smallest absolute Gasteiger partial charge is 0.326 e. The van der Waals surface area contributed by atoms with Gasteiger partial charge in [0.25, 0.3) is 0 Å². The lowest BCUT2D eigenvalue weighted by Gasteiger charge is -2.31. The van der Waals surface area contributed by atoms with E-state index in [1.54, 1.807) is 47.8 Å². The minimum atomic E-state index is -1.65. The number of carbonyl (C=O) groups is 9. The highest BCUT2D eigenvalue weighted by atomic mass is 32.2. The summed E-state index contributed by atoms with van der Waals surface area (Å²) in [6.07, 6.45) is 2.64. The Morgan fingerprint density at radius 3 is 1.45 bits per heavy atom. The summed E-state index contributed by atoms with van der Waals surface area (Å²) in [4.78, 5) is 116. The molecule has 0 aromatic carbocycles. The van der Waals surface area contributed by atoms with E-state index in [2.05, 4.69) is 31.9 Å². The molecule has 9 atom stereocenters. The summed E-state index contributed by atoms with van der Waals surface area (Å²) < 4.78 is 0. The standard InChI is InChI=1S/C37H68N10O10S/c1-8-20(5)29(35(54)45-25(37(56)57)18-27(40)49)47-36(55)30(21(6)9-2)46-33(52)23(13-14-26(39)48)42-32(51)24(15-17-58-7)43-31(50)22(12-10-11-16-38)44-34(53)28(41)19(3)4/h19-25,28-30H,8-18,38,41H2,1-7H3,(H2,39,48)(H2,40,49)(H,42,51)(H,43,50)(H,44,53)(H,45,54)(H,46,52)(H,47,55)(H,56,57)/t20-,21-,22+,23+,24+,25+,28+,29+,30+/m0/s1. The fourth-order valence-electron chi connectivity index (χ4n) is 5.50. The van der Waals surface area contributed by atoms with Crippen molar-refractivity contribution in [1.29, 1.82) is 0 Å². The van der Waals surface area contributed by atoms with Gasteiger partial charge in [-0.05, 0) is 68.4 Å². The number of nitrogens with one attached hydrogen (secondary N) is 6. The highest BCUT2D eigenvalue weighted by Crippen LogP contribution is 2.14. The first-order valence-electron chi connectivity index (χ1n) is 19.7. The van der Waals surface area contributed by atoms with Crippen LogP contribution in [-0.4, -0.2) is 119 Å². The number of carboxylic acid groups (broad SMARTS) is 1. The van der Waals surface area contributed by atoms with Crippen molar-refractivity contribution in [3.8, 4) is 0 Å². The van der Waals surface area contributed by atoms with Crippen LogP contribution in [0.4, 0.5) is 0 Å². The predicted octanol–water partition coefficient (Wildman–Crippen LogP) is -1.92. The Hall–Kier alpha value is -4.50. The Morgan fingerprint density at radius 1 is 0.586 bits per heavy atom. The molecule has 332 valence electrons. The first kappa shape index (κ1) is 53.5. The van der Waals surface area contributed by atoms with Gasteiger partial charge in [0.05, 0.1) is 12.5 Å². The lowest BCUT2D eigenvalue weighted by atomic mass is 9.94. The SMILES string of the molecule is CC[C@H](C)[C@@H](NC(=O)[C@@H](CCC(N)=O)NC(=O)[C@@H](CCSC)NC(=O)[C@@H](CCCCN)NC(=O)[C@H](N)C(C)C)C(=O)N[C@@H](C(=O)N[C@H](CC(N)=O)C(=O)O)[C@@H](C)CC. The number of nitrogens with two attached hydrogens (primary N) is 4. The lowest BCUT2D eigenvalue weighted by molar-refractivity contribution is -0.144. The Bertz CT molecular complexity index is 1400. The van der Waals surface area contributed by atoms with Gasteiger partial charge in [0.15, 0.2) is 0 Å². The van der Waals surface area contributed by atoms with Crippen molar-refractivity contribution in [2.24, 2.45) is 40.7 Å². The van der Waals surface area contributed by atoms with Crippen molar-refractivity contribution in [1.82, 2.24) is 31.9 Å². The van der Waals surface area contributed by atoms with Crippen molar-refractivity contribution in [3.05, 3.63) is 0 Å². The molecule has 0 fully saturated rings. The van der Waals surface area contributed by atoms with Crippen LogP contribution in [0.15, 0.2) is 0 Å². The van der Waals surface area contributed by atoms with Crippen LogP contribution in [0, 0.1) is 17.8 Å². The molecule has 15 N–H and O–H groups in total. The molecule has 0 heterocycles. The molecular weight excluding hydrogens is 777 g/mol. The van der Waals surface area contributed by atoms with Gasteiger partial charge in [0.1, 0.15) is 36.3 Å². The summed E-state index contributed by atoms with van der Waals surface area (Å²) in [5.74, 6) is -8.64. The lowest BCUT2D eigenvalue weighted by Crippen LogP contribution is -2.61. The van der Waals surface area contributed by atoms with Crippen molar-refractivity contribution in [2.45, 2.75) is 142 Å². The molecule has 0 aliphatic heterocycles. The minimum absolute atomic E-state index is 0.122. The van der Waals surface area contributed by atoms with Crippen LogP contribution in [0.3, 0.4) is 0 Å². The Balaban J connectivity index is 6.49. The van der Waals surface area contributed by atoms with E-state index >= 15 is 0 Å². The summed E-state index contributed by atoms with van der Waals surface area (Å²) in [6.45, 7) is 10.7. The number of carbonyl (C=O) groups excluding carboxylic acids is 8. The number of thioether (sulfide) groups is 1. The summed E-state index contributed by atoms with van der Waals surface area (Å²) in [7, 11) is 0. The maximum absolute atomic E-state index is 13.9. The second-order valence-corrected chi connectivity index (χ2v) is 15.8. The fraction of sp³-hybridized carbons (Fsp3) is 0.757. The maximum Gasteiger partial charge on any atom is 0.326 e. The van der Waals surface area contributed by atoms with E-state index < -0.39 is 114 Å². The highest BCUT2D eigenvalue weighted by Gasteiger charge is 2.36. The van der Waals surface area contributed by atoms with Crippen molar-refractivity contribution in [3.63, 3.8) is 0 Å². The monoisotopic (exact) mass is 844 g/mol. The van der Waals surface area contributed by atoms with E-state index in [4.69, 9.17) is 22.9 Å². The Morgan fingerprint density at radius 2 is 1.02 bits per heavy atom. The average Bonchev–Trinajstić information content (AvgIpc) is 3.16. The molecule has 0 rings (SSSR count). The molecule has 0 radical (unpaired) electrons. The molecule has 0 saturated carbocycles. The number of rotatable bonds is 30. The van der Waals surface area contributed by atoms with Crippen LogP contribution in [0.2, 0.25) is 0 Å². The van der Waals surface area contributed by atoms with Gasteiger partial charge in [-0.1, -0.05) is 54.4 Å². The molecule has 0 saturated heterocycles. The average molecular weight is 845 g/mol. The number of carboxylic acids is 1. The van der Waals surface area contributed by atoms with Gasteiger partial charge < -0.3 is 59.9 Å². The highest BCUT2D eigenvalue weighted by molar-refractivity contribution is 7.98. The molecular formula is C37H68N10O10S. The summed E-state index contributed by atoms with van der Waals surface area (Å²) >= 11 is 1.40. The van der Waals surface area contributed by atoms with E-state index in [1.807, 2.05) is 0 Å². The first-order chi connectivity index (χ1) is 27.1. The summed E-state index contributed by atoms with van der Waals surface area (Å²) in [5.41, 5.74) is 22.2.